The van der Waals surface area contributed by atoms with Crippen LogP contribution in [0.4, 0.5) is 5.69 Å². The van der Waals surface area contributed by atoms with Gasteiger partial charge in [-0.05, 0) is 55.9 Å². The normalized spacial score (nSPS) is 19.0. The summed E-state index contributed by atoms with van der Waals surface area (Å²) in [5.41, 5.74) is 6.03. The van der Waals surface area contributed by atoms with Gasteiger partial charge in [-0.25, -0.2) is 4.79 Å². The minimum atomic E-state index is -0.431. The molecule has 0 radical (unpaired) electrons. The molecule has 1 unspecified atom stereocenters. The number of nitrogens with one attached hydrogen (secondary N) is 1. The van der Waals surface area contributed by atoms with Crippen LogP contribution in [0, 0.1) is 5.41 Å². The van der Waals surface area contributed by atoms with Crippen molar-refractivity contribution in [3.05, 3.63) is 88.3 Å². The van der Waals surface area contributed by atoms with E-state index < -0.39 is 5.92 Å². The minimum Gasteiger partial charge on any atom is -0.462 e. The predicted octanol–water partition coefficient (Wildman–Crippen LogP) is 5.92. The van der Waals surface area contributed by atoms with Crippen molar-refractivity contribution in [2.24, 2.45) is 5.41 Å². The van der Waals surface area contributed by atoms with E-state index in [1.165, 1.54) is 0 Å². The zero-order valence-corrected chi connectivity index (χ0v) is 22.2. The van der Waals surface area contributed by atoms with Crippen LogP contribution in [0.2, 0.25) is 0 Å². The molecule has 0 bridgehead atoms. The summed E-state index contributed by atoms with van der Waals surface area (Å²) in [5.74, 6) is -0.689. The Labute approximate surface area is 215 Å². The van der Waals surface area contributed by atoms with Crippen LogP contribution in [-0.2, 0) is 20.7 Å². The number of esters is 1. The third kappa shape index (κ3) is 5.40. The SMILES string of the molecule is CCN(CC)c1ccc(C2C(C(=O)OCCc3ccccc3)=C(C)NC3=C2C(=O)CC(C)(C)C3)cc1. The van der Waals surface area contributed by atoms with Crippen LogP contribution in [0.25, 0.3) is 0 Å². The maximum atomic E-state index is 13.5. The molecule has 36 heavy (non-hydrogen) atoms. The number of anilines is 1. The number of benzene rings is 2. The van der Waals surface area contributed by atoms with Gasteiger partial charge in [-0.15, -0.1) is 0 Å². The molecule has 1 aliphatic heterocycles. The van der Waals surface area contributed by atoms with E-state index in [0.717, 1.165) is 47.7 Å². The standard InChI is InChI=1S/C31H38N2O3/c1-6-33(7-2)24-15-13-23(14-16-24)28-27(30(35)36-18-17-22-11-9-8-10-12-22)21(3)32-25-19-31(4,5)20-26(34)29(25)28/h8-16,28,32H,6-7,17-20H2,1-5H3. The van der Waals surface area contributed by atoms with Crippen LogP contribution in [0.3, 0.4) is 0 Å². The number of nitrogens with zero attached hydrogens (tertiary/aromatic N) is 1. The van der Waals surface area contributed by atoms with Gasteiger partial charge in [0, 0.05) is 54.5 Å². The van der Waals surface area contributed by atoms with Gasteiger partial charge in [-0.1, -0.05) is 56.3 Å². The zero-order chi connectivity index (χ0) is 25.9. The summed E-state index contributed by atoms with van der Waals surface area (Å²) in [6.45, 7) is 12.6. The number of hydrogen-bond donors (Lipinski definition) is 1. The highest BCUT2D eigenvalue weighted by Crippen LogP contribution is 2.47. The Hall–Kier alpha value is -3.34. The minimum absolute atomic E-state index is 0.105. The summed E-state index contributed by atoms with van der Waals surface area (Å²) in [5, 5.41) is 3.42. The Kier molecular flexibility index (Phi) is 7.67. The molecular weight excluding hydrogens is 448 g/mol. The predicted molar refractivity (Wildman–Crippen MR) is 145 cm³/mol. The second kappa shape index (κ2) is 10.7. The number of ketones is 1. The largest absolute Gasteiger partial charge is 0.462 e. The van der Waals surface area contributed by atoms with Crippen molar-refractivity contribution in [1.29, 1.82) is 0 Å². The maximum absolute atomic E-state index is 13.5. The molecule has 190 valence electrons. The van der Waals surface area contributed by atoms with E-state index in [0.29, 0.717) is 30.6 Å². The van der Waals surface area contributed by atoms with Crippen molar-refractivity contribution in [3.63, 3.8) is 0 Å². The average Bonchev–Trinajstić information content (AvgIpc) is 2.84. The van der Waals surface area contributed by atoms with Crippen LogP contribution >= 0.6 is 0 Å². The lowest BCUT2D eigenvalue weighted by Crippen LogP contribution is -2.38. The van der Waals surface area contributed by atoms with Gasteiger partial charge in [0.2, 0.25) is 0 Å². The van der Waals surface area contributed by atoms with Crippen LogP contribution < -0.4 is 10.2 Å². The summed E-state index contributed by atoms with van der Waals surface area (Å²) >= 11 is 0. The third-order valence-electron chi connectivity index (χ3n) is 7.28. The average molecular weight is 487 g/mol. The molecule has 1 N–H and O–H groups in total. The summed E-state index contributed by atoms with van der Waals surface area (Å²) < 4.78 is 5.78. The Morgan fingerprint density at radius 3 is 2.33 bits per heavy atom. The van der Waals surface area contributed by atoms with Gasteiger partial charge < -0.3 is 15.0 Å². The highest BCUT2D eigenvalue weighted by molar-refractivity contribution is 6.04. The van der Waals surface area contributed by atoms with Crippen LogP contribution in [-0.4, -0.2) is 31.4 Å². The highest BCUT2D eigenvalue weighted by atomic mass is 16.5. The lowest BCUT2D eigenvalue weighted by molar-refractivity contribution is -0.139. The molecule has 1 atom stereocenters. The van der Waals surface area contributed by atoms with Crippen molar-refractivity contribution in [2.45, 2.75) is 59.8 Å². The molecule has 0 saturated heterocycles. The Bertz CT molecular complexity index is 1170. The Morgan fingerprint density at radius 1 is 1.03 bits per heavy atom. The summed E-state index contributed by atoms with van der Waals surface area (Å²) in [7, 11) is 0. The molecule has 5 heteroatoms. The molecular formula is C31H38N2O3. The smallest absolute Gasteiger partial charge is 0.336 e. The second-order valence-electron chi connectivity index (χ2n) is 10.6. The van der Waals surface area contributed by atoms with Gasteiger partial charge in [-0.3, -0.25) is 4.79 Å². The van der Waals surface area contributed by atoms with Crippen molar-refractivity contribution in [3.8, 4) is 0 Å². The summed E-state index contributed by atoms with van der Waals surface area (Å²) in [6.07, 6.45) is 1.89. The fourth-order valence-electron chi connectivity index (χ4n) is 5.49. The van der Waals surface area contributed by atoms with Crippen molar-refractivity contribution in [1.82, 2.24) is 5.32 Å². The molecule has 2 aromatic rings. The lowest BCUT2D eigenvalue weighted by Gasteiger charge is -2.39. The number of allylic oxidation sites excluding steroid dienone is 3. The van der Waals surface area contributed by atoms with Crippen LogP contribution in [0.15, 0.2) is 77.1 Å². The van der Waals surface area contributed by atoms with Crippen molar-refractivity contribution < 1.29 is 14.3 Å². The van der Waals surface area contributed by atoms with Gasteiger partial charge in [-0.2, -0.15) is 0 Å². The molecule has 4 rings (SSSR count). The third-order valence-corrected chi connectivity index (χ3v) is 7.28. The van der Waals surface area contributed by atoms with E-state index in [1.54, 1.807) is 0 Å². The molecule has 1 aliphatic carbocycles. The van der Waals surface area contributed by atoms with E-state index in [-0.39, 0.29) is 17.2 Å². The molecule has 0 spiro atoms. The molecule has 0 aromatic heterocycles. The van der Waals surface area contributed by atoms with Gasteiger partial charge >= 0.3 is 5.97 Å². The van der Waals surface area contributed by atoms with Gasteiger partial charge in [0.25, 0.3) is 0 Å². The Balaban J connectivity index is 1.67. The first kappa shape index (κ1) is 25.7. The monoisotopic (exact) mass is 486 g/mol. The number of rotatable bonds is 8. The van der Waals surface area contributed by atoms with Crippen molar-refractivity contribution in [2.75, 3.05) is 24.6 Å². The topological polar surface area (TPSA) is 58.6 Å². The number of hydrogen-bond acceptors (Lipinski definition) is 5. The molecule has 1 heterocycles. The fraction of sp³-hybridized carbons (Fsp3) is 0.419. The first-order valence-corrected chi connectivity index (χ1v) is 13.0. The number of carbonyl (C=O) groups is 2. The maximum Gasteiger partial charge on any atom is 0.336 e. The zero-order valence-electron chi connectivity index (χ0n) is 22.2. The van der Waals surface area contributed by atoms with Gasteiger partial charge in [0.15, 0.2) is 5.78 Å². The van der Waals surface area contributed by atoms with E-state index >= 15 is 0 Å². The lowest BCUT2D eigenvalue weighted by atomic mass is 9.68. The van der Waals surface area contributed by atoms with Crippen LogP contribution in [0.1, 0.15) is 64.5 Å². The second-order valence-corrected chi connectivity index (χ2v) is 10.6. The summed E-state index contributed by atoms with van der Waals surface area (Å²) in [6, 6.07) is 18.3. The molecule has 0 amide bonds. The van der Waals surface area contributed by atoms with Crippen molar-refractivity contribution >= 4 is 17.4 Å². The van der Waals surface area contributed by atoms with Gasteiger partial charge in [0.05, 0.1) is 12.2 Å². The number of dihydropyridines is 1. The Morgan fingerprint density at radius 2 is 1.69 bits per heavy atom. The molecule has 5 nitrogen and oxygen atoms in total. The summed E-state index contributed by atoms with van der Waals surface area (Å²) in [4.78, 5) is 29.3. The van der Waals surface area contributed by atoms with E-state index in [1.807, 2.05) is 37.3 Å². The number of ether oxygens (including phenoxy) is 1. The van der Waals surface area contributed by atoms with E-state index in [9.17, 15) is 9.59 Å². The fourth-order valence-corrected chi connectivity index (χ4v) is 5.49. The first-order valence-electron chi connectivity index (χ1n) is 13.0. The molecule has 2 aliphatic rings. The molecule has 0 saturated carbocycles. The van der Waals surface area contributed by atoms with Gasteiger partial charge in [0.1, 0.15) is 0 Å². The number of carbonyl (C=O) groups excluding carboxylic acids is 2. The van der Waals surface area contributed by atoms with E-state index in [2.05, 4.69) is 62.2 Å². The molecule has 0 fully saturated rings. The quantitative estimate of drug-likeness (QED) is 0.469. The highest BCUT2D eigenvalue weighted by Gasteiger charge is 2.43. The van der Waals surface area contributed by atoms with E-state index in [4.69, 9.17) is 4.74 Å². The number of Topliss-reactive ketones (excluding diaryl/α,β-unsaturated/α-hetero) is 1. The van der Waals surface area contributed by atoms with Crippen LogP contribution in [0.5, 0.6) is 0 Å². The molecule has 2 aromatic carbocycles. The first-order chi connectivity index (χ1) is 17.2.